The number of aromatic nitrogens is 4. The Kier molecular flexibility index (Phi) is 12.5. The molecule has 0 spiro atoms. The van der Waals surface area contributed by atoms with Gasteiger partial charge in [0, 0.05) is 57.3 Å². The van der Waals surface area contributed by atoms with Crippen LogP contribution in [0.5, 0.6) is 0 Å². The summed E-state index contributed by atoms with van der Waals surface area (Å²) in [4.78, 5) is 37.3. The van der Waals surface area contributed by atoms with Gasteiger partial charge in [0.05, 0.1) is 17.4 Å². The van der Waals surface area contributed by atoms with E-state index in [4.69, 9.17) is 0 Å². The molecule has 2 aromatic heterocycles. The van der Waals surface area contributed by atoms with Crippen LogP contribution in [-0.2, 0) is 9.59 Å². The molecule has 0 bridgehead atoms. The second-order valence-corrected chi connectivity index (χ2v) is 9.99. The number of nitrogens with one attached hydrogen (secondary N) is 3. The SMILES string of the molecule is CCCNc1nc(Nc2ccc(-n3cccn3)cc2)ncc1C#CCCCNC(=O)[C@H](C)N(C)C(=O)/C=C/CN(C)C. The lowest BCUT2D eigenvalue weighted by Crippen LogP contribution is -2.45. The third-order valence-electron chi connectivity index (χ3n) is 6.26. The molecule has 3 rings (SSSR count). The van der Waals surface area contributed by atoms with E-state index in [9.17, 15) is 9.59 Å². The summed E-state index contributed by atoms with van der Waals surface area (Å²) in [6.45, 7) is 5.69. The van der Waals surface area contributed by atoms with Crippen LogP contribution in [0, 0.1) is 11.8 Å². The van der Waals surface area contributed by atoms with Crippen LogP contribution < -0.4 is 16.0 Å². The minimum absolute atomic E-state index is 0.196. The first kappa shape index (κ1) is 31.8. The lowest BCUT2D eigenvalue weighted by Gasteiger charge is -2.23. The maximum atomic E-state index is 12.5. The lowest BCUT2D eigenvalue weighted by molar-refractivity contribution is -0.135. The summed E-state index contributed by atoms with van der Waals surface area (Å²) < 4.78 is 1.79. The van der Waals surface area contributed by atoms with E-state index in [2.05, 4.69) is 49.8 Å². The van der Waals surface area contributed by atoms with Gasteiger partial charge in [0.25, 0.3) is 0 Å². The molecular formula is C31H41N9O2. The number of benzene rings is 1. The lowest BCUT2D eigenvalue weighted by atomic mass is 10.2. The van der Waals surface area contributed by atoms with E-state index >= 15 is 0 Å². The fourth-order valence-corrected chi connectivity index (χ4v) is 3.70. The molecule has 0 saturated carbocycles. The highest BCUT2D eigenvalue weighted by atomic mass is 16.2. The molecule has 0 radical (unpaired) electrons. The molecule has 3 aromatic rings. The predicted molar refractivity (Wildman–Crippen MR) is 167 cm³/mol. The Morgan fingerprint density at radius 2 is 1.93 bits per heavy atom. The number of carbonyl (C=O) groups excluding carboxylic acids is 2. The summed E-state index contributed by atoms with van der Waals surface area (Å²) >= 11 is 0. The van der Waals surface area contributed by atoms with E-state index in [0.717, 1.165) is 24.3 Å². The molecule has 0 aliphatic rings. The summed E-state index contributed by atoms with van der Waals surface area (Å²) in [7, 11) is 5.48. The van der Waals surface area contributed by atoms with Gasteiger partial charge in [-0.05, 0) is 64.2 Å². The topological polar surface area (TPSA) is 120 Å². The summed E-state index contributed by atoms with van der Waals surface area (Å²) in [5.74, 6) is 7.05. The number of likely N-dealkylation sites (N-methyl/N-ethyl adjacent to an activating group) is 2. The average Bonchev–Trinajstić information content (AvgIpc) is 3.53. The van der Waals surface area contributed by atoms with Gasteiger partial charge in [-0.15, -0.1) is 0 Å². The maximum absolute atomic E-state index is 12.5. The van der Waals surface area contributed by atoms with Crippen LogP contribution in [0.4, 0.5) is 17.5 Å². The molecule has 0 unspecified atom stereocenters. The first-order chi connectivity index (χ1) is 20.3. The number of nitrogens with zero attached hydrogens (tertiary/aromatic N) is 6. The Morgan fingerprint density at radius 1 is 1.14 bits per heavy atom. The highest BCUT2D eigenvalue weighted by Gasteiger charge is 2.20. The molecule has 0 saturated heterocycles. The molecule has 3 N–H and O–H groups in total. The van der Waals surface area contributed by atoms with Crippen molar-refractivity contribution in [3.8, 4) is 17.5 Å². The molecule has 0 aliphatic carbocycles. The van der Waals surface area contributed by atoms with Crippen LogP contribution in [-0.4, -0.2) is 88.2 Å². The van der Waals surface area contributed by atoms with Crippen molar-refractivity contribution in [2.24, 2.45) is 0 Å². The zero-order valence-corrected chi connectivity index (χ0v) is 25.1. The van der Waals surface area contributed by atoms with Gasteiger partial charge in [0.1, 0.15) is 11.9 Å². The van der Waals surface area contributed by atoms with Gasteiger partial charge >= 0.3 is 0 Å². The zero-order valence-electron chi connectivity index (χ0n) is 25.1. The average molecular weight is 572 g/mol. The highest BCUT2D eigenvalue weighted by molar-refractivity contribution is 5.92. The Bertz CT molecular complexity index is 1370. The van der Waals surface area contributed by atoms with Crippen molar-refractivity contribution in [2.75, 3.05) is 51.4 Å². The Hall–Kier alpha value is -4.69. The summed E-state index contributed by atoms with van der Waals surface area (Å²) in [6, 6.07) is 9.15. The monoisotopic (exact) mass is 571 g/mol. The Balaban J connectivity index is 1.50. The highest BCUT2D eigenvalue weighted by Crippen LogP contribution is 2.19. The second-order valence-electron chi connectivity index (χ2n) is 9.99. The first-order valence-corrected chi connectivity index (χ1v) is 14.1. The van der Waals surface area contributed by atoms with E-state index in [0.29, 0.717) is 43.3 Å². The quantitative estimate of drug-likeness (QED) is 0.153. The van der Waals surface area contributed by atoms with Crippen LogP contribution in [0.25, 0.3) is 5.69 Å². The van der Waals surface area contributed by atoms with Crippen molar-refractivity contribution < 1.29 is 9.59 Å². The van der Waals surface area contributed by atoms with E-state index in [-0.39, 0.29) is 11.8 Å². The van der Waals surface area contributed by atoms with Gasteiger partial charge in [-0.25, -0.2) is 9.67 Å². The first-order valence-electron chi connectivity index (χ1n) is 14.1. The van der Waals surface area contributed by atoms with Crippen LogP contribution >= 0.6 is 0 Å². The van der Waals surface area contributed by atoms with Crippen molar-refractivity contribution in [3.05, 3.63) is 66.6 Å². The normalized spacial score (nSPS) is 11.6. The minimum atomic E-state index is -0.571. The van der Waals surface area contributed by atoms with Crippen LogP contribution in [0.1, 0.15) is 38.7 Å². The van der Waals surface area contributed by atoms with Crippen LogP contribution in [0.3, 0.4) is 0 Å². The van der Waals surface area contributed by atoms with Crippen molar-refractivity contribution in [1.29, 1.82) is 0 Å². The van der Waals surface area contributed by atoms with Crippen molar-refractivity contribution in [2.45, 2.75) is 39.2 Å². The summed E-state index contributed by atoms with van der Waals surface area (Å²) in [6.07, 6.45) is 10.8. The maximum Gasteiger partial charge on any atom is 0.246 e. The largest absolute Gasteiger partial charge is 0.369 e. The standard InChI is InChI=1S/C31H41N9O2/c1-6-18-32-29-25(23-34-31(37-29)36-26-14-16-27(17-15-26)40-22-11-20-35-40)12-8-7-9-19-33-30(42)24(2)39(5)28(41)13-10-21-38(3)4/h10-11,13-17,20,22-24H,6-7,9,18-19,21H2,1-5H3,(H,33,42)(H2,32,34,36,37)/b13-10+/t24-/m0/s1. The number of anilines is 3. The number of amides is 2. The van der Waals surface area contributed by atoms with Crippen LogP contribution in [0.15, 0.2) is 61.1 Å². The van der Waals surface area contributed by atoms with Crippen LogP contribution in [0.2, 0.25) is 0 Å². The van der Waals surface area contributed by atoms with Gasteiger partial charge in [-0.2, -0.15) is 10.1 Å². The zero-order chi connectivity index (χ0) is 30.3. The molecule has 11 nitrogen and oxygen atoms in total. The number of hydrogen-bond acceptors (Lipinski definition) is 8. The van der Waals surface area contributed by atoms with E-state index in [1.807, 2.05) is 55.5 Å². The van der Waals surface area contributed by atoms with Gasteiger partial charge in [-0.1, -0.05) is 24.8 Å². The molecule has 0 fully saturated rings. The minimum Gasteiger partial charge on any atom is -0.369 e. The molecule has 0 aliphatic heterocycles. The predicted octanol–water partition coefficient (Wildman–Crippen LogP) is 3.44. The number of carbonyl (C=O) groups is 2. The smallest absolute Gasteiger partial charge is 0.246 e. The van der Waals surface area contributed by atoms with Gasteiger partial charge in [0.15, 0.2) is 0 Å². The molecule has 1 atom stereocenters. The molecule has 2 amide bonds. The molecule has 11 heteroatoms. The number of unbranched alkanes of at least 4 members (excludes halogenated alkanes) is 1. The summed E-state index contributed by atoms with van der Waals surface area (Å²) in [5, 5.41) is 13.7. The molecule has 42 heavy (non-hydrogen) atoms. The second kappa shape index (κ2) is 16.5. The Morgan fingerprint density at radius 3 is 2.62 bits per heavy atom. The van der Waals surface area contributed by atoms with E-state index in [1.165, 1.54) is 11.0 Å². The molecule has 222 valence electrons. The molecular weight excluding hydrogens is 530 g/mol. The summed E-state index contributed by atoms with van der Waals surface area (Å²) in [5.41, 5.74) is 2.53. The van der Waals surface area contributed by atoms with Gasteiger partial charge < -0.3 is 25.8 Å². The van der Waals surface area contributed by atoms with Crippen molar-refractivity contribution in [3.63, 3.8) is 0 Å². The third kappa shape index (κ3) is 10.1. The van der Waals surface area contributed by atoms with Crippen molar-refractivity contribution in [1.82, 2.24) is 34.9 Å². The fourth-order valence-electron chi connectivity index (χ4n) is 3.70. The van der Waals surface area contributed by atoms with E-state index in [1.54, 1.807) is 37.1 Å². The van der Waals surface area contributed by atoms with Gasteiger partial charge in [0.2, 0.25) is 17.8 Å². The molecule has 2 heterocycles. The van der Waals surface area contributed by atoms with E-state index < -0.39 is 6.04 Å². The number of hydrogen-bond donors (Lipinski definition) is 3. The van der Waals surface area contributed by atoms with Gasteiger partial charge in [-0.3, -0.25) is 9.59 Å². The Labute approximate surface area is 248 Å². The fraction of sp³-hybridized carbons (Fsp3) is 0.387. The van der Waals surface area contributed by atoms with Crippen molar-refractivity contribution >= 4 is 29.3 Å². The third-order valence-corrected chi connectivity index (χ3v) is 6.26. The number of rotatable bonds is 14. The molecule has 1 aromatic carbocycles.